The van der Waals surface area contributed by atoms with Crippen LogP contribution in [0.4, 0.5) is 0 Å². The van der Waals surface area contributed by atoms with Crippen molar-refractivity contribution in [3.63, 3.8) is 0 Å². The fraction of sp³-hybridized carbons (Fsp3) is 0.800. The first-order chi connectivity index (χ1) is 13.3. The van der Waals surface area contributed by atoms with Gasteiger partial charge in [0.15, 0.2) is 0 Å². The molecule has 7 heteroatoms. The number of morpholine rings is 1. The third kappa shape index (κ3) is 4.20. The molecule has 0 unspecified atom stereocenters. The highest BCUT2D eigenvalue weighted by atomic mass is 16.5. The Hall–Kier alpha value is -1.44. The number of hydrogen-bond acceptors (Lipinski definition) is 5. The molecular weight excluding hydrogens is 344 g/mol. The predicted octanol–water partition coefficient (Wildman–Crippen LogP) is 1.47. The van der Waals surface area contributed by atoms with Gasteiger partial charge in [-0.25, -0.2) is 0 Å². The van der Waals surface area contributed by atoms with Crippen molar-refractivity contribution < 1.29 is 14.6 Å². The van der Waals surface area contributed by atoms with Gasteiger partial charge in [0, 0.05) is 51.2 Å². The van der Waals surface area contributed by atoms with E-state index < -0.39 is 0 Å². The third-order valence-electron chi connectivity index (χ3n) is 6.61. The predicted molar refractivity (Wildman–Crippen MR) is 102 cm³/mol. The van der Waals surface area contributed by atoms with Crippen LogP contribution in [0.2, 0.25) is 0 Å². The molecule has 150 valence electrons. The normalized spacial score (nSPS) is 28.0. The lowest BCUT2D eigenvalue weighted by Crippen LogP contribution is -2.41. The summed E-state index contributed by atoms with van der Waals surface area (Å²) in [7, 11) is 0. The Kier molecular flexibility index (Phi) is 6.10. The van der Waals surface area contributed by atoms with Gasteiger partial charge in [0.2, 0.25) is 0 Å². The quantitative estimate of drug-likeness (QED) is 0.813. The summed E-state index contributed by atoms with van der Waals surface area (Å²) in [6.07, 6.45) is 7.74. The number of nitrogens with one attached hydrogen (secondary N) is 1. The molecule has 1 aliphatic carbocycles. The number of aromatic amines is 1. The molecule has 7 nitrogen and oxygen atoms in total. The number of amides is 1. The van der Waals surface area contributed by atoms with Crippen LogP contribution in [0.1, 0.15) is 54.1 Å². The van der Waals surface area contributed by atoms with E-state index >= 15 is 0 Å². The van der Waals surface area contributed by atoms with Gasteiger partial charge >= 0.3 is 0 Å². The molecular formula is C20H32N4O3. The number of aliphatic hydroxyl groups is 1. The van der Waals surface area contributed by atoms with Crippen molar-refractivity contribution in [2.45, 2.75) is 38.0 Å². The maximum atomic E-state index is 13.2. The highest BCUT2D eigenvalue weighted by Crippen LogP contribution is 2.34. The van der Waals surface area contributed by atoms with Crippen LogP contribution in [0.5, 0.6) is 0 Å². The Morgan fingerprint density at radius 1 is 1.19 bits per heavy atom. The minimum absolute atomic E-state index is 0.0762. The summed E-state index contributed by atoms with van der Waals surface area (Å²) in [5, 5.41) is 17.2. The van der Waals surface area contributed by atoms with E-state index in [2.05, 4.69) is 15.1 Å². The van der Waals surface area contributed by atoms with E-state index in [9.17, 15) is 9.90 Å². The van der Waals surface area contributed by atoms with E-state index in [-0.39, 0.29) is 18.4 Å². The minimum atomic E-state index is 0.0762. The van der Waals surface area contributed by atoms with Crippen LogP contribution in [0.15, 0.2) is 6.20 Å². The maximum Gasteiger partial charge on any atom is 0.257 e. The highest BCUT2D eigenvalue weighted by Gasteiger charge is 2.37. The molecule has 2 saturated heterocycles. The average Bonchev–Trinajstić information content (AvgIpc) is 3.36. The molecule has 1 aromatic rings. The van der Waals surface area contributed by atoms with Crippen molar-refractivity contribution in [1.82, 2.24) is 20.0 Å². The molecule has 3 heterocycles. The van der Waals surface area contributed by atoms with Gasteiger partial charge in [-0.15, -0.1) is 0 Å². The molecule has 0 bridgehead atoms. The summed E-state index contributed by atoms with van der Waals surface area (Å²) in [6, 6.07) is 0. The van der Waals surface area contributed by atoms with Gasteiger partial charge in [0.05, 0.1) is 30.7 Å². The summed E-state index contributed by atoms with van der Waals surface area (Å²) >= 11 is 0. The second kappa shape index (κ2) is 8.71. The number of ether oxygens (including phenoxy) is 1. The molecule has 3 aliphatic rings. The second-order valence-corrected chi connectivity index (χ2v) is 8.36. The number of carbonyl (C=O) groups is 1. The van der Waals surface area contributed by atoms with E-state index in [4.69, 9.17) is 4.74 Å². The molecule has 2 N–H and O–H groups in total. The fourth-order valence-corrected chi connectivity index (χ4v) is 4.97. The zero-order valence-electron chi connectivity index (χ0n) is 16.1. The first-order valence-electron chi connectivity index (χ1n) is 10.5. The number of likely N-dealkylation sites (tertiary alicyclic amines) is 1. The zero-order valence-corrected chi connectivity index (χ0v) is 16.1. The van der Waals surface area contributed by atoms with Gasteiger partial charge in [-0.1, -0.05) is 19.3 Å². The Morgan fingerprint density at radius 3 is 2.67 bits per heavy atom. The molecule has 2 aliphatic heterocycles. The van der Waals surface area contributed by atoms with Gasteiger partial charge in [-0.2, -0.15) is 5.10 Å². The van der Waals surface area contributed by atoms with E-state index in [1.54, 1.807) is 6.20 Å². The monoisotopic (exact) mass is 376 g/mol. The van der Waals surface area contributed by atoms with Gasteiger partial charge in [-0.3, -0.25) is 14.8 Å². The number of H-pyrrole nitrogens is 1. The number of aliphatic hydroxyl groups excluding tert-OH is 1. The van der Waals surface area contributed by atoms with Crippen LogP contribution in [0, 0.1) is 11.8 Å². The summed E-state index contributed by atoms with van der Waals surface area (Å²) in [5.74, 6) is 0.983. The van der Waals surface area contributed by atoms with E-state index in [1.165, 1.54) is 19.3 Å². The summed E-state index contributed by atoms with van der Waals surface area (Å²) in [6.45, 7) is 5.86. The maximum absolute atomic E-state index is 13.2. The standard InChI is InChI=1S/C20H32N4O3/c25-14-17-13-24(12-16(17)11-23-6-8-27-9-7-23)20(26)18-10-21-22-19(18)15-4-2-1-3-5-15/h10,15-17,25H,1-9,11-14H2,(H,21,22)/t16-,17-/m0/s1. The van der Waals surface area contributed by atoms with Crippen LogP contribution in [-0.2, 0) is 4.74 Å². The number of rotatable bonds is 5. The van der Waals surface area contributed by atoms with Crippen LogP contribution in [0.25, 0.3) is 0 Å². The third-order valence-corrected chi connectivity index (χ3v) is 6.61. The van der Waals surface area contributed by atoms with Crippen molar-refractivity contribution in [2.24, 2.45) is 11.8 Å². The van der Waals surface area contributed by atoms with E-state index in [0.717, 1.165) is 63.5 Å². The number of aromatic nitrogens is 2. The minimum Gasteiger partial charge on any atom is -0.396 e. The summed E-state index contributed by atoms with van der Waals surface area (Å²) in [5.41, 5.74) is 1.77. The van der Waals surface area contributed by atoms with E-state index in [1.807, 2.05) is 4.90 Å². The molecule has 1 amide bonds. The molecule has 3 fully saturated rings. The summed E-state index contributed by atoms with van der Waals surface area (Å²) < 4.78 is 5.43. The molecule has 0 aromatic carbocycles. The topological polar surface area (TPSA) is 81.7 Å². The Labute approximate surface area is 161 Å². The SMILES string of the molecule is O=C(c1cn[nH]c1C1CCCCC1)N1C[C@@H](CO)[C@@H](CN2CCOCC2)C1. The van der Waals surface area contributed by atoms with Crippen molar-refractivity contribution in [3.05, 3.63) is 17.5 Å². The van der Waals surface area contributed by atoms with Crippen molar-refractivity contribution >= 4 is 5.91 Å². The second-order valence-electron chi connectivity index (χ2n) is 8.36. The number of nitrogens with zero attached hydrogens (tertiary/aromatic N) is 3. The molecule has 0 radical (unpaired) electrons. The van der Waals surface area contributed by atoms with Crippen molar-refractivity contribution in [2.75, 3.05) is 52.5 Å². The Balaban J connectivity index is 1.42. The van der Waals surface area contributed by atoms with E-state index in [0.29, 0.717) is 18.4 Å². The Bertz CT molecular complexity index is 622. The lowest BCUT2D eigenvalue weighted by molar-refractivity contribution is 0.0264. The number of carbonyl (C=O) groups excluding carboxylic acids is 1. The van der Waals surface area contributed by atoms with Crippen molar-refractivity contribution in [3.8, 4) is 0 Å². The molecule has 1 saturated carbocycles. The van der Waals surface area contributed by atoms with Crippen LogP contribution in [-0.4, -0.2) is 83.6 Å². The van der Waals surface area contributed by atoms with Gasteiger partial charge in [0.25, 0.3) is 5.91 Å². The zero-order chi connectivity index (χ0) is 18.6. The highest BCUT2D eigenvalue weighted by molar-refractivity contribution is 5.95. The lowest BCUT2D eigenvalue weighted by atomic mass is 9.85. The first kappa shape index (κ1) is 18.9. The van der Waals surface area contributed by atoms with Gasteiger partial charge < -0.3 is 14.7 Å². The van der Waals surface area contributed by atoms with Crippen LogP contribution in [0.3, 0.4) is 0 Å². The lowest BCUT2D eigenvalue weighted by Gasteiger charge is -2.30. The number of hydrogen-bond donors (Lipinski definition) is 2. The van der Waals surface area contributed by atoms with Crippen molar-refractivity contribution in [1.29, 1.82) is 0 Å². The fourth-order valence-electron chi connectivity index (χ4n) is 4.97. The largest absolute Gasteiger partial charge is 0.396 e. The Morgan fingerprint density at radius 2 is 1.93 bits per heavy atom. The molecule has 0 spiro atoms. The van der Waals surface area contributed by atoms with Gasteiger partial charge in [-0.05, 0) is 18.8 Å². The van der Waals surface area contributed by atoms with Crippen LogP contribution >= 0.6 is 0 Å². The average molecular weight is 377 g/mol. The summed E-state index contributed by atoms with van der Waals surface area (Å²) in [4.78, 5) is 17.6. The molecule has 1 aromatic heterocycles. The first-order valence-corrected chi connectivity index (χ1v) is 10.5. The van der Waals surface area contributed by atoms with Gasteiger partial charge in [0.1, 0.15) is 0 Å². The molecule has 27 heavy (non-hydrogen) atoms. The smallest absolute Gasteiger partial charge is 0.257 e. The molecule has 2 atom stereocenters. The molecule has 4 rings (SSSR count). The van der Waals surface area contributed by atoms with Crippen LogP contribution < -0.4 is 0 Å².